The molecular formula is C14H19N5O2. The number of hydrogen-bond donors (Lipinski definition) is 1. The third kappa shape index (κ3) is 4.35. The molecule has 1 N–H and O–H groups in total. The number of aromatic nitrogens is 4. The van der Waals surface area contributed by atoms with Crippen LogP contribution in [-0.2, 0) is 4.74 Å². The normalized spacial score (nSPS) is 10.8. The predicted molar refractivity (Wildman–Crippen MR) is 77.2 cm³/mol. The van der Waals surface area contributed by atoms with Gasteiger partial charge in [-0.25, -0.2) is 0 Å². The fraction of sp³-hybridized carbons (Fsp3) is 0.429. The average Bonchev–Trinajstić information content (AvgIpc) is 3.00. The molecule has 0 unspecified atom stereocenters. The average molecular weight is 289 g/mol. The van der Waals surface area contributed by atoms with Gasteiger partial charge in [0.15, 0.2) is 0 Å². The van der Waals surface area contributed by atoms with Crippen LogP contribution in [0.2, 0.25) is 0 Å². The van der Waals surface area contributed by atoms with Crippen LogP contribution >= 0.6 is 0 Å². The predicted octanol–water partition coefficient (Wildman–Crippen LogP) is 1.21. The second kappa shape index (κ2) is 7.49. The maximum Gasteiger partial charge on any atom is 0.253 e. The highest BCUT2D eigenvalue weighted by Gasteiger charge is 2.12. The van der Waals surface area contributed by atoms with E-state index in [-0.39, 0.29) is 12.0 Å². The summed E-state index contributed by atoms with van der Waals surface area (Å²) in [5.41, 5.74) is 1.19. The minimum Gasteiger partial charge on any atom is -0.379 e. The van der Waals surface area contributed by atoms with Crippen molar-refractivity contribution in [2.24, 2.45) is 0 Å². The quantitative estimate of drug-likeness (QED) is 0.775. The molecular weight excluding hydrogens is 270 g/mol. The van der Waals surface area contributed by atoms with Gasteiger partial charge in [-0.3, -0.25) is 4.79 Å². The highest BCUT2D eigenvalue weighted by molar-refractivity contribution is 5.97. The number of tetrazole rings is 1. The van der Waals surface area contributed by atoms with E-state index in [0.717, 1.165) is 6.42 Å². The van der Waals surface area contributed by atoms with E-state index >= 15 is 0 Å². The summed E-state index contributed by atoms with van der Waals surface area (Å²) in [6.45, 7) is 5.17. The van der Waals surface area contributed by atoms with E-state index in [2.05, 4.69) is 20.8 Å². The van der Waals surface area contributed by atoms with Crippen LogP contribution in [0.1, 0.15) is 30.6 Å². The summed E-state index contributed by atoms with van der Waals surface area (Å²) >= 11 is 0. The van der Waals surface area contributed by atoms with Crippen molar-refractivity contribution < 1.29 is 9.53 Å². The second-order valence-electron chi connectivity index (χ2n) is 4.80. The van der Waals surface area contributed by atoms with Crippen molar-refractivity contribution in [2.75, 3.05) is 13.2 Å². The van der Waals surface area contributed by atoms with Gasteiger partial charge in [-0.1, -0.05) is 12.1 Å². The summed E-state index contributed by atoms with van der Waals surface area (Å²) in [6, 6.07) is 7.19. The van der Waals surface area contributed by atoms with Crippen LogP contribution in [0, 0.1) is 0 Å². The fourth-order valence-electron chi connectivity index (χ4n) is 1.83. The number of amides is 1. The first-order valence-corrected chi connectivity index (χ1v) is 6.90. The number of nitrogens with one attached hydrogen (secondary N) is 1. The van der Waals surface area contributed by atoms with Crippen LogP contribution in [0.3, 0.4) is 0 Å². The Morgan fingerprint density at radius 2 is 2.19 bits per heavy atom. The third-order valence-corrected chi connectivity index (χ3v) is 2.80. The Hall–Kier alpha value is -2.28. The monoisotopic (exact) mass is 289 g/mol. The number of nitrogens with zero attached hydrogens (tertiary/aromatic N) is 4. The molecule has 0 saturated carbocycles. The Morgan fingerprint density at radius 3 is 2.90 bits per heavy atom. The van der Waals surface area contributed by atoms with Crippen molar-refractivity contribution in [1.29, 1.82) is 0 Å². The minimum atomic E-state index is -0.148. The minimum absolute atomic E-state index is 0.148. The highest BCUT2D eigenvalue weighted by Crippen LogP contribution is 2.12. The maximum atomic E-state index is 12.2. The Labute approximate surface area is 123 Å². The van der Waals surface area contributed by atoms with E-state index < -0.39 is 0 Å². The van der Waals surface area contributed by atoms with Crippen molar-refractivity contribution in [3.8, 4) is 5.69 Å². The smallest absolute Gasteiger partial charge is 0.253 e. The van der Waals surface area contributed by atoms with Crippen molar-refractivity contribution in [3.05, 3.63) is 36.2 Å². The van der Waals surface area contributed by atoms with E-state index in [4.69, 9.17) is 4.74 Å². The molecule has 0 radical (unpaired) electrons. The summed E-state index contributed by atoms with van der Waals surface area (Å²) in [4.78, 5) is 12.2. The number of rotatable bonds is 7. The number of ether oxygens (including phenoxy) is 1. The van der Waals surface area contributed by atoms with Crippen LogP contribution < -0.4 is 5.32 Å². The molecule has 0 aliphatic heterocycles. The molecule has 0 fully saturated rings. The van der Waals surface area contributed by atoms with E-state index in [1.165, 1.54) is 11.0 Å². The van der Waals surface area contributed by atoms with E-state index in [1.807, 2.05) is 26.0 Å². The lowest BCUT2D eigenvalue weighted by molar-refractivity contribution is 0.0757. The van der Waals surface area contributed by atoms with Gasteiger partial charge in [-0.15, -0.1) is 5.10 Å². The molecule has 0 aliphatic rings. The molecule has 0 saturated heterocycles. The lowest BCUT2D eigenvalue weighted by atomic mass is 10.1. The molecule has 1 heterocycles. The van der Waals surface area contributed by atoms with E-state index in [0.29, 0.717) is 24.4 Å². The van der Waals surface area contributed by atoms with Crippen molar-refractivity contribution >= 4 is 5.91 Å². The highest BCUT2D eigenvalue weighted by atomic mass is 16.5. The van der Waals surface area contributed by atoms with Gasteiger partial charge in [0.2, 0.25) is 0 Å². The standard InChI is InChI=1S/C14H19N5O2/c1-11(2)21-9-5-8-15-14(20)12-6-3-4-7-13(12)19-10-16-17-18-19/h3-4,6-7,10-11H,5,8-9H2,1-2H3,(H,15,20). The zero-order valence-electron chi connectivity index (χ0n) is 12.2. The Bertz CT molecular complexity index is 569. The maximum absolute atomic E-state index is 12.2. The summed E-state index contributed by atoms with van der Waals surface area (Å²) in [5.74, 6) is -0.148. The zero-order valence-corrected chi connectivity index (χ0v) is 12.2. The van der Waals surface area contributed by atoms with Crippen LogP contribution in [0.5, 0.6) is 0 Å². The van der Waals surface area contributed by atoms with Gasteiger partial charge in [-0.2, -0.15) is 4.68 Å². The molecule has 7 nitrogen and oxygen atoms in total. The summed E-state index contributed by atoms with van der Waals surface area (Å²) < 4.78 is 6.90. The molecule has 0 atom stereocenters. The molecule has 2 aromatic rings. The van der Waals surface area contributed by atoms with Gasteiger partial charge in [-0.05, 0) is 42.8 Å². The van der Waals surface area contributed by atoms with Gasteiger partial charge in [0, 0.05) is 13.2 Å². The van der Waals surface area contributed by atoms with E-state index in [9.17, 15) is 4.79 Å². The van der Waals surface area contributed by atoms with Crippen LogP contribution in [0.4, 0.5) is 0 Å². The van der Waals surface area contributed by atoms with Crippen LogP contribution in [0.25, 0.3) is 5.69 Å². The summed E-state index contributed by atoms with van der Waals surface area (Å²) in [5, 5.41) is 13.9. The van der Waals surface area contributed by atoms with Crippen molar-refractivity contribution in [2.45, 2.75) is 26.4 Å². The molecule has 112 valence electrons. The molecule has 2 rings (SSSR count). The third-order valence-electron chi connectivity index (χ3n) is 2.80. The van der Waals surface area contributed by atoms with Gasteiger partial charge in [0.25, 0.3) is 5.91 Å². The molecule has 1 amide bonds. The Balaban J connectivity index is 1.94. The number of para-hydroxylation sites is 1. The van der Waals surface area contributed by atoms with Gasteiger partial charge in [0.05, 0.1) is 17.4 Å². The fourth-order valence-corrected chi connectivity index (χ4v) is 1.83. The number of benzene rings is 1. The topological polar surface area (TPSA) is 81.9 Å². The van der Waals surface area contributed by atoms with E-state index in [1.54, 1.807) is 12.1 Å². The van der Waals surface area contributed by atoms with Crippen LogP contribution in [0.15, 0.2) is 30.6 Å². The molecule has 1 aromatic heterocycles. The SMILES string of the molecule is CC(C)OCCCNC(=O)c1ccccc1-n1cnnn1. The number of carbonyl (C=O) groups excluding carboxylic acids is 1. The molecule has 0 spiro atoms. The van der Waals surface area contributed by atoms with Gasteiger partial charge in [0.1, 0.15) is 6.33 Å². The summed E-state index contributed by atoms with van der Waals surface area (Å²) in [6.07, 6.45) is 2.45. The van der Waals surface area contributed by atoms with Gasteiger partial charge < -0.3 is 10.1 Å². The number of carbonyl (C=O) groups is 1. The lowest BCUT2D eigenvalue weighted by Gasteiger charge is -2.10. The Morgan fingerprint density at radius 1 is 1.38 bits per heavy atom. The van der Waals surface area contributed by atoms with Crippen molar-refractivity contribution in [1.82, 2.24) is 25.5 Å². The molecule has 1 aromatic carbocycles. The zero-order chi connectivity index (χ0) is 15.1. The van der Waals surface area contributed by atoms with Crippen LogP contribution in [-0.4, -0.2) is 45.4 Å². The molecule has 0 bridgehead atoms. The van der Waals surface area contributed by atoms with Crippen molar-refractivity contribution in [3.63, 3.8) is 0 Å². The van der Waals surface area contributed by atoms with Gasteiger partial charge >= 0.3 is 0 Å². The summed E-state index contributed by atoms with van der Waals surface area (Å²) in [7, 11) is 0. The lowest BCUT2D eigenvalue weighted by Crippen LogP contribution is -2.26. The molecule has 21 heavy (non-hydrogen) atoms. The molecule has 7 heteroatoms. The number of hydrogen-bond acceptors (Lipinski definition) is 5. The first-order valence-electron chi connectivity index (χ1n) is 6.90. The Kier molecular flexibility index (Phi) is 5.39. The second-order valence-corrected chi connectivity index (χ2v) is 4.80. The molecule has 0 aliphatic carbocycles. The first kappa shape index (κ1) is 15.1. The first-order chi connectivity index (χ1) is 10.2. The largest absolute Gasteiger partial charge is 0.379 e.